The highest BCUT2D eigenvalue weighted by Gasteiger charge is 2.12. The van der Waals surface area contributed by atoms with E-state index in [1.807, 2.05) is 6.92 Å². The molecule has 1 aromatic carbocycles. The van der Waals surface area contributed by atoms with Crippen LogP contribution in [0.2, 0.25) is 0 Å². The summed E-state index contributed by atoms with van der Waals surface area (Å²) in [4.78, 5) is 33.6. The average molecular weight is 317 g/mol. The van der Waals surface area contributed by atoms with Crippen molar-refractivity contribution in [1.82, 2.24) is 9.78 Å². The van der Waals surface area contributed by atoms with Crippen molar-refractivity contribution < 1.29 is 14.5 Å². The first-order valence-electron chi connectivity index (χ1n) is 7.00. The van der Waals surface area contributed by atoms with Crippen molar-refractivity contribution >= 4 is 11.7 Å². The molecular formula is C15H15N3O5. The second-order valence-corrected chi connectivity index (χ2v) is 4.78. The van der Waals surface area contributed by atoms with Gasteiger partial charge >= 0.3 is 5.97 Å². The number of nitro benzene ring substituents is 1. The Kier molecular flexibility index (Phi) is 5.19. The molecule has 0 aliphatic rings. The number of nitrogens with zero attached hydrogens (tertiary/aromatic N) is 3. The predicted octanol–water partition coefficient (Wildman–Crippen LogP) is 1.92. The Morgan fingerprint density at radius 2 is 1.96 bits per heavy atom. The van der Waals surface area contributed by atoms with Crippen molar-refractivity contribution in [1.29, 1.82) is 0 Å². The fourth-order valence-corrected chi connectivity index (χ4v) is 1.87. The number of rotatable bonds is 6. The fraction of sp³-hybridized carbons (Fsp3) is 0.267. The van der Waals surface area contributed by atoms with E-state index in [0.717, 1.165) is 0 Å². The minimum Gasteiger partial charge on any atom is -0.456 e. The first kappa shape index (κ1) is 16.3. The lowest BCUT2D eigenvalue weighted by molar-refractivity contribution is -0.384. The van der Waals surface area contributed by atoms with E-state index >= 15 is 0 Å². The van der Waals surface area contributed by atoms with Crippen LogP contribution in [-0.4, -0.2) is 20.7 Å². The first-order valence-corrected chi connectivity index (χ1v) is 7.00. The molecule has 8 heteroatoms. The van der Waals surface area contributed by atoms with Gasteiger partial charge in [-0.2, -0.15) is 5.10 Å². The monoisotopic (exact) mass is 317 g/mol. The Morgan fingerprint density at radius 1 is 1.26 bits per heavy atom. The van der Waals surface area contributed by atoms with Crippen LogP contribution in [0.5, 0.6) is 0 Å². The molecule has 0 bridgehead atoms. The van der Waals surface area contributed by atoms with Crippen molar-refractivity contribution in [3.63, 3.8) is 0 Å². The SMILES string of the molecule is CCCn1nc(C(=O)OCc2ccc([N+](=O)[O-])cc2)ccc1=O. The summed E-state index contributed by atoms with van der Waals surface area (Å²) in [6.45, 7) is 2.28. The lowest BCUT2D eigenvalue weighted by atomic mass is 10.2. The Morgan fingerprint density at radius 3 is 2.57 bits per heavy atom. The minimum atomic E-state index is -0.659. The van der Waals surface area contributed by atoms with Crippen LogP contribution in [0.1, 0.15) is 29.4 Å². The van der Waals surface area contributed by atoms with Gasteiger partial charge in [0.1, 0.15) is 6.61 Å². The molecule has 0 atom stereocenters. The van der Waals surface area contributed by atoms with E-state index in [1.54, 1.807) is 0 Å². The number of non-ortho nitro benzene ring substituents is 1. The van der Waals surface area contributed by atoms with E-state index in [0.29, 0.717) is 18.5 Å². The van der Waals surface area contributed by atoms with E-state index in [2.05, 4.69) is 5.10 Å². The number of esters is 1. The molecule has 2 rings (SSSR count). The molecule has 1 heterocycles. The van der Waals surface area contributed by atoms with Gasteiger partial charge in [0.2, 0.25) is 0 Å². The first-order chi connectivity index (χ1) is 11.0. The molecule has 0 aliphatic carbocycles. The van der Waals surface area contributed by atoms with Crippen LogP contribution >= 0.6 is 0 Å². The summed E-state index contributed by atoms with van der Waals surface area (Å²) in [7, 11) is 0. The van der Waals surface area contributed by atoms with Gasteiger partial charge in [-0.15, -0.1) is 0 Å². The molecule has 120 valence electrons. The maximum Gasteiger partial charge on any atom is 0.359 e. The van der Waals surface area contributed by atoms with Gasteiger partial charge in [0, 0.05) is 24.7 Å². The summed E-state index contributed by atoms with van der Waals surface area (Å²) in [6.07, 6.45) is 0.716. The third-order valence-corrected chi connectivity index (χ3v) is 3.03. The number of hydrogen-bond donors (Lipinski definition) is 0. The number of hydrogen-bond acceptors (Lipinski definition) is 6. The summed E-state index contributed by atoms with van der Waals surface area (Å²) >= 11 is 0. The highest BCUT2D eigenvalue weighted by molar-refractivity contribution is 5.86. The molecule has 0 spiro atoms. The Hall–Kier alpha value is -3.03. The van der Waals surface area contributed by atoms with Crippen molar-refractivity contribution in [2.75, 3.05) is 0 Å². The van der Waals surface area contributed by atoms with Crippen LogP contribution in [-0.2, 0) is 17.9 Å². The van der Waals surface area contributed by atoms with Crippen molar-refractivity contribution in [3.8, 4) is 0 Å². The zero-order chi connectivity index (χ0) is 16.8. The number of ether oxygens (including phenoxy) is 1. The molecule has 0 amide bonds. The van der Waals surface area contributed by atoms with Gasteiger partial charge in [0.05, 0.1) is 4.92 Å². The summed E-state index contributed by atoms with van der Waals surface area (Å²) in [5, 5.41) is 14.5. The molecule has 2 aromatic rings. The molecule has 1 aromatic heterocycles. The lowest BCUT2D eigenvalue weighted by Crippen LogP contribution is -2.24. The topological polar surface area (TPSA) is 104 Å². The van der Waals surface area contributed by atoms with Gasteiger partial charge in [-0.05, 0) is 30.2 Å². The van der Waals surface area contributed by atoms with Crippen molar-refractivity contribution in [2.45, 2.75) is 26.5 Å². The zero-order valence-electron chi connectivity index (χ0n) is 12.5. The fourth-order valence-electron chi connectivity index (χ4n) is 1.87. The van der Waals surface area contributed by atoms with Gasteiger partial charge in [-0.25, -0.2) is 9.48 Å². The highest BCUT2D eigenvalue weighted by Crippen LogP contribution is 2.13. The summed E-state index contributed by atoms with van der Waals surface area (Å²) < 4.78 is 6.31. The predicted molar refractivity (Wildman–Crippen MR) is 81.0 cm³/mol. The maximum absolute atomic E-state index is 12.0. The Bertz CT molecular complexity index is 767. The van der Waals surface area contributed by atoms with Crippen molar-refractivity contribution in [2.24, 2.45) is 0 Å². The van der Waals surface area contributed by atoms with E-state index in [-0.39, 0.29) is 23.5 Å². The van der Waals surface area contributed by atoms with Crippen LogP contribution < -0.4 is 5.56 Å². The molecule has 0 radical (unpaired) electrons. The molecule has 23 heavy (non-hydrogen) atoms. The lowest BCUT2D eigenvalue weighted by Gasteiger charge is -2.06. The van der Waals surface area contributed by atoms with E-state index in [1.165, 1.54) is 41.1 Å². The number of carbonyl (C=O) groups excluding carboxylic acids is 1. The molecule has 0 aliphatic heterocycles. The molecule has 0 saturated carbocycles. The van der Waals surface area contributed by atoms with Gasteiger partial charge in [-0.1, -0.05) is 6.92 Å². The maximum atomic E-state index is 12.0. The summed E-state index contributed by atoms with van der Waals surface area (Å²) in [5.41, 5.74) is 0.345. The Labute approximate surface area is 131 Å². The van der Waals surface area contributed by atoms with Gasteiger partial charge in [-0.3, -0.25) is 14.9 Å². The highest BCUT2D eigenvalue weighted by atomic mass is 16.6. The van der Waals surface area contributed by atoms with Crippen LogP contribution in [0.15, 0.2) is 41.2 Å². The molecule has 0 N–H and O–H groups in total. The molecule has 0 saturated heterocycles. The zero-order valence-corrected chi connectivity index (χ0v) is 12.5. The molecule has 0 fully saturated rings. The van der Waals surface area contributed by atoms with Crippen LogP contribution in [0.25, 0.3) is 0 Å². The smallest absolute Gasteiger partial charge is 0.359 e. The Balaban J connectivity index is 2.03. The number of carbonyl (C=O) groups is 1. The third kappa shape index (κ3) is 4.22. The summed E-state index contributed by atoms with van der Waals surface area (Å²) in [6, 6.07) is 8.27. The number of benzene rings is 1. The second-order valence-electron chi connectivity index (χ2n) is 4.78. The van der Waals surface area contributed by atoms with E-state index < -0.39 is 10.9 Å². The van der Waals surface area contributed by atoms with Gasteiger partial charge < -0.3 is 4.74 Å². The largest absolute Gasteiger partial charge is 0.456 e. The van der Waals surface area contributed by atoms with Crippen molar-refractivity contribution in [3.05, 3.63) is 68.1 Å². The third-order valence-electron chi connectivity index (χ3n) is 3.03. The van der Waals surface area contributed by atoms with Crippen LogP contribution in [0, 0.1) is 10.1 Å². The molecule has 0 unspecified atom stereocenters. The van der Waals surface area contributed by atoms with Gasteiger partial charge in [0.25, 0.3) is 11.2 Å². The average Bonchev–Trinajstić information content (AvgIpc) is 2.55. The van der Waals surface area contributed by atoms with Gasteiger partial charge in [0.15, 0.2) is 5.69 Å². The molecular weight excluding hydrogens is 302 g/mol. The molecule has 8 nitrogen and oxygen atoms in total. The number of aromatic nitrogens is 2. The van der Waals surface area contributed by atoms with Crippen LogP contribution in [0.3, 0.4) is 0 Å². The second kappa shape index (κ2) is 7.30. The normalized spacial score (nSPS) is 10.3. The van der Waals surface area contributed by atoms with E-state index in [9.17, 15) is 19.7 Å². The summed E-state index contributed by atoms with van der Waals surface area (Å²) in [5.74, 6) is -0.659. The van der Waals surface area contributed by atoms with E-state index in [4.69, 9.17) is 4.74 Å². The van der Waals surface area contributed by atoms with Crippen LogP contribution in [0.4, 0.5) is 5.69 Å². The quantitative estimate of drug-likeness (QED) is 0.458. The number of aryl methyl sites for hydroxylation is 1. The standard InChI is InChI=1S/C15H15N3O5/c1-2-9-17-14(19)8-7-13(16-17)15(20)23-10-11-3-5-12(6-4-11)18(21)22/h3-8H,2,9-10H2,1H3. The minimum absolute atomic E-state index is 0.0339. The number of nitro groups is 1.